The highest BCUT2D eigenvalue weighted by molar-refractivity contribution is 6.30. The number of hydrogen-bond acceptors (Lipinski definition) is 5. The highest BCUT2D eigenvalue weighted by Crippen LogP contribution is 2.26. The Morgan fingerprint density at radius 2 is 2.18 bits per heavy atom. The molecule has 0 fully saturated rings. The molecule has 0 amide bonds. The first-order valence-electron chi connectivity index (χ1n) is 5.15. The van der Waals surface area contributed by atoms with Crippen LogP contribution in [0.4, 0.5) is 12.0 Å². The summed E-state index contributed by atoms with van der Waals surface area (Å²) in [6, 6.07) is 8.15. The van der Waals surface area contributed by atoms with Crippen LogP contribution < -0.4 is 10.6 Å². The van der Waals surface area contributed by atoms with Gasteiger partial charge in [-0.2, -0.15) is 0 Å². The first-order valence-corrected chi connectivity index (χ1v) is 5.53. The van der Waals surface area contributed by atoms with Crippen molar-refractivity contribution in [3.63, 3.8) is 0 Å². The van der Waals surface area contributed by atoms with Crippen molar-refractivity contribution in [3.8, 4) is 0 Å². The average Bonchev–Trinajstić information content (AvgIpc) is 2.74. The van der Waals surface area contributed by atoms with E-state index in [4.69, 9.17) is 21.8 Å². The largest absolute Gasteiger partial charge is 0.390 e. The summed E-state index contributed by atoms with van der Waals surface area (Å²) in [6.45, 7) is 2.02. The monoisotopic (exact) mass is 252 g/mol. The van der Waals surface area contributed by atoms with Crippen LogP contribution in [-0.2, 0) is 0 Å². The second-order valence-electron chi connectivity index (χ2n) is 3.76. The van der Waals surface area contributed by atoms with Gasteiger partial charge < -0.3 is 15.1 Å². The van der Waals surface area contributed by atoms with E-state index in [1.165, 1.54) is 0 Å². The van der Waals surface area contributed by atoms with Gasteiger partial charge in [0.25, 0.3) is 0 Å². The van der Waals surface area contributed by atoms with E-state index < -0.39 is 0 Å². The van der Waals surface area contributed by atoms with Crippen LogP contribution in [0.1, 0.15) is 18.5 Å². The molecule has 1 aromatic carbocycles. The van der Waals surface area contributed by atoms with Crippen LogP contribution in [-0.4, -0.2) is 17.2 Å². The quantitative estimate of drug-likeness (QED) is 0.909. The number of halogens is 1. The number of nitrogens with zero attached hydrogens (tertiary/aromatic N) is 3. The summed E-state index contributed by atoms with van der Waals surface area (Å²) in [5.74, 6) is 0. The zero-order chi connectivity index (χ0) is 12.4. The second kappa shape index (κ2) is 4.63. The molecule has 0 aliphatic heterocycles. The minimum Gasteiger partial charge on any atom is -0.390 e. The van der Waals surface area contributed by atoms with E-state index in [0.717, 1.165) is 5.56 Å². The lowest BCUT2D eigenvalue weighted by Crippen LogP contribution is -2.21. The standard InChI is InChI=1S/C11H13ClN4O/c1-7(8-4-3-5-9(12)6-8)16(2)11-15-14-10(13)17-11/h3-7H,1-2H3,(H2,13,14). The molecule has 2 rings (SSSR count). The molecule has 2 aromatic rings. The minimum absolute atomic E-state index is 0.0603. The van der Waals surface area contributed by atoms with Crippen molar-refractivity contribution < 1.29 is 4.42 Å². The van der Waals surface area contributed by atoms with E-state index in [2.05, 4.69) is 10.2 Å². The third-order valence-electron chi connectivity index (χ3n) is 2.64. The molecule has 90 valence electrons. The molecule has 17 heavy (non-hydrogen) atoms. The summed E-state index contributed by atoms with van der Waals surface area (Å²) in [6.07, 6.45) is 0. The van der Waals surface area contributed by atoms with Gasteiger partial charge in [0.2, 0.25) is 0 Å². The van der Waals surface area contributed by atoms with Crippen molar-refractivity contribution in [1.29, 1.82) is 0 Å². The Bertz CT molecular complexity index is 514. The first kappa shape index (κ1) is 11.7. The van der Waals surface area contributed by atoms with Crippen molar-refractivity contribution in [3.05, 3.63) is 34.9 Å². The Morgan fingerprint density at radius 3 is 2.76 bits per heavy atom. The summed E-state index contributed by atoms with van der Waals surface area (Å²) >= 11 is 5.95. The maximum atomic E-state index is 5.95. The van der Waals surface area contributed by atoms with Crippen LogP contribution in [0.15, 0.2) is 28.7 Å². The number of hydrogen-bond donors (Lipinski definition) is 1. The number of nitrogens with two attached hydrogens (primary N) is 1. The van der Waals surface area contributed by atoms with Gasteiger partial charge in [0, 0.05) is 12.1 Å². The predicted octanol–water partition coefficient (Wildman–Crippen LogP) is 2.50. The third-order valence-corrected chi connectivity index (χ3v) is 2.88. The average molecular weight is 253 g/mol. The molecule has 0 aliphatic carbocycles. The molecular weight excluding hydrogens is 240 g/mol. The topological polar surface area (TPSA) is 68.2 Å². The first-order chi connectivity index (χ1) is 8.08. The lowest BCUT2D eigenvalue weighted by Gasteiger charge is -2.23. The van der Waals surface area contributed by atoms with E-state index in [1.54, 1.807) is 0 Å². The fraction of sp³-hybridized carbons (Fsp3) is 0.273. The van der Waals surface area contributed by atoms with Crippen molar-refractivity contribution in [2.45, 2.75) is 13.0 Å². The molecule has 2 N–H and O–H groups in total. The van der Waals surface area contributed by atoms with E-state index in [9.17, 15) is 0 Å². The smallest absolute Gasteiger partial charge is 0.319 e. The Hall–Kier alpha value is -1.75. The van der Waals surface area contributed by atoms with Gasteiger partial charge in [-0.05, 0) is 24.6 Å². The van der Waals surface area contributed by atoms with Crippen LogP contribution in [0, 0.1) is 0 Å². The van der Waals surface area contributed by atoms with Gasteiger partial charge in [-0.15, -0.1) is 0 Å². The molecule has 0 saturated carbocycles. The van der Waals surface area contributed by atoms with Crippen molar-refractivity contribution in [2.24, 2.45) is 0 Å². The summed E-state index contributed by atoms with van der Waals surface area (Å²) in [5.41, 5.74) is 6.46. The number of nitrogen functional groups attached to an aromatic ring is 1. The van der Waals surface area contributed by atoms with Gasteiger partial charge in [0.05, 0.1) is 6.04 Å². The van der Waals surface area contributed by atoms with E-state index in [-0.39, 0.29) is 12.1 Å². The second-order valence-corrected chi connectivity index (χ2v) is 4.20. The van der Waals surface area contributed by atoms with Crippen LogP contribution in [0.2, 0.25) is 5.02 Å². The van der Waals surface area contributed by atoms with E-state index >= 15 is 0 Å². The molecule has 1 atom stereocenters. The number of aromatic nitrogens is 2. The van der Waals surface area contributed by atoms with Gasteiger partial charge in [0.15, 0.2) is 0 Å². The molecule has 0 bridgehead atoms. The Balaban J connectivity index is 2.22. The summed E-state index contributed by atoms with van der Waals surface area (Å²) in [4.78, 5) is 1.84. The highest BCUT2D eigenvalue weighted by atomic mass is 35.5. The summed E-state index contributed by atoms with van der Waals surface area (Å²) in [7, 11) is 1.86. The number of benzene rings is 1. The van der Waals surface area contributed by atoms with Crippen molar-refractivity contribution in [1.82, 2.24) is 10.2 Å². The molecule has 6 heteroatoms. The van der Waals surface area contributed by atoms with E-state index in [0.29, 0.717) is 11.0 Å². The maximum absolute atomic E-state index is 5.95. The number of anilines is 2. The van der Waals surface area contributed by atoms with Crippen LogP contribution in [0.25, 0.3) is 0 Å². The molecule has 1 aromatic heterocycles. The lowest BCUT2D eigenvalue weighted by atomic mass is 10.1. The number of rotatable bonds is 3. The highest BCUT2D eigenvalue weighted by Gasteiger charge is 2.17. The molecular formula is C11H13ClN4O. The molecule has 0 saturated heterocycles. The Labute approximate surface area is 104 Å². The summed E-state index contributed by atoms with van der Waals surface area (Å²) < 4.78 is 5.17. The lowest BCUT2D eigenvalue weighted by molar-refractivity contribution is 0.539. The fourth-order valence-electron chi connectivity index (χ4n) is 1.52. The Kier molecular flexibility index (Phi) is 3.19. The van der Waals surface area contributed by atoms with Crippen molar-refractivity contribution in [2.75, 3.05) is 17.7 Å². The van der Waals surface area contributed by atoms with Gasteiger partial charge in [-0.3, -0.25) is 0 Å². The van der Waals surface area contributed by atoms with Gasteiger partial charge >= 0.3 is 12.0 Å². The van der Waals surface area contributed by atoms with Crippen LogP contribution in [0.5, 0.6) is 0 Å². The molecule has 0 spiro atoms. The predicted molar refractivity (Wildman–Crippen MR) is 67.0 cm³/mol. The maximum Gasteiger partial charge on any atom is 0.319 e. The Morgan fingerprint density at radius 1 is 1.41 bits per heavy atom. The SMILES string of the molecule is CC(c1cccc(Cl)c1)N(C)c1nnc(N)o1. The van der Waals surface area contributed by atoms with Gasteiger partial charge in [-0.25, -0.2) is 0 Å². The van der Waals surface area contributed by atoms with Gasteiger partial charge in [-0.1, -0.05) is 33.9 Å². The zero-order valence-electron chi connectivity index (χ0n) is 9.59. The van der Waals surface area contributed by atoms with Crippen LogP contribution >= 0.6 is 11.6 Å². The summed E-state index contributed by atoms with van der Waals surface area (Å²) in [5, 5.41) is 8.16. The van der Waals surface area contributed by atoms with Gasteiger partial charge in [0.1, 0.15) is 0 Å². The molecule has 1 unspecified atom stereocenters. The zero-order valence-corrected chi connectivity index (χ0v) is 10.3. The third kappa shape index (κ3) is 2.50. The fourth-order valence-corrected chi connectivity index (χ4v) is 1.72. The normalized spacial score (nSPS) is 12.4. The molecule has 5 nitrogen and oxygen atoms in total. The van der Waals surface area contributed by atoms with Crippen molar-refractivity contribution >= 4 is 23.6 Å². The van der Waals surface area contributed by atoms with Crippen LogP contribution in [0.3, 0.4) is 0 Å². The molecule has 1 heterocycles. The van der Waals surface area contributed by atoms with E-state index in [1.807, 2.05) is 43.1 Å². The molecule has 0 radical (unpaired) electrons. The molecule has 0 aliphatic rings. The minimum atomic E-state index is 0.0603.